The smallest absolute Gasteiger partial charge is 0.118 e. The molecule has 2 aromatic rings. The summed E-state index contributed by atoms with van der Waals surface area (Å²) in [4.78, 5) is 0. The van der Waals surface area contributed by atoms with E-state index in [-0.39, 0.29) is 0 Å². The molecule has 0 radical (unpaired) electrons. The van der Waals surface area contributed by atoms with Gasteiger partial charge < -0.3 is 10.1 Å². The van der Waals surface area contributed by atoms with Crippen LogP contribution in [0.4, 0.5) is 0 Å². The van der Waals surface area contributed by atoms with Gasteiger partial charge in [0.1, 0.15) is 5.75 Å². The van der Waals surface area contributed by atoms with Crippen LogP contribution in [0.25, 0.3) is 0 Å². The van der Waals surface area contributed by atoms with Gasteiger partial charge in [0, 0.05) is 19.3 Å². The Hall–Kier alpha value is -1.81. The molecule has 2 rings (SSSR count). The van der Waals surface area contributed by atoms with E-state index in [1.807, 2.05) is 36.1 Å². The van der Waals surface area contributed by atoms with Crippen LogP contribution in [0.1, 0.15) is 11.3 Å². The highest BCUT2D eigenvalue weighted by atomic mass is 16.5. The molecule has 0 spiro atoms. The van der Waals surface area contributed by atoms with Crippen LogP contribution < -0.4 is 10.1 Å². The van der Waals surface area contributed by atoms with Crippen LogP contribution in [0, 0.1) is 0 Å². The van der Waals surface area contributed by atoms with Gasteiger partial charge in [-0.2, -0.15) is 5.10 Å². The average Bonchev–Trinajstić information content (AvgIpc) is 2.85. The quantitative estimate of drug-likeness (QED) is 0.844. The van der Waals surface area contributed by atoms with Crippen LogP contribution in [-0.4, -0.2) is 23.9 Å². The van der Waals surface area contributed by atoms with Gasteiger partial charge in [-0.25, -0.2) is 0 Å². The SMILES string of the molecule is CNCc1ccn(CCc2ccc(OC)cc2)n1. The summed E-state index contributed by atoms with van der Waals surface area (Å²) >= 11 is 0. The summed E-state index contributed by atoms with van der Waals surface area (Å²) in [7, 11) is 3.61. The lowest BCUT2D eigenvalue weighted by molar-refractivity contribution is 0.414. The van der Waals surface area contributed by atoms with Crippen LogP contribution in [0.3, 0.4) is 0 Å². The van der Waals surface area contributed by atoms with E-state index in [4.69, 9.17) is 4.74 Å². The molecule has 0 aliphatic heterocycles. The van der Waals surface area contributed by atoms with Crippen LogP contribution in [0.5, 0.6) is 5.75 Å². The Labute approximate surface area is 108 Å². The Bertz CT molecular complexity index is 476. The zero-order valence-corrected chi connectivity index (χ0v) is 10.9. The van der Waals surface area contributed by atoms with Crippen LogP contribution >= 0.6 is 0 Å². The normalized spacial score (nSPS) is 10.6. The van der Waals surface area contributed by atoms with Crippen molar-refractivity contribution in [2.45, 2.75) is 19.5 Å². The molecule has 0 aliphatic carbocycles. The van der Waals surface area contributed by atoms with Gasteiger partial charge >= 0.3 is 0 Å². The van der Waals surface area contributed by atoms with E-state index in [9.17, 15) is 0 Å². The molecule has 0 atom stereocenters. The van der Waals surface area contributed by atoms with E-state index >= 15 is 0 Å². The molecule has 1 heterocycles. The maximum absolute atomic E-state index is 5.14. The van der Waals surface area contributed by atoms with Crippen molar-refractivity contribution in [3.63, 3.8) is 0 Å². The molecule has 4 nitrogen and oxygen atoms in total. The number of hydrogen-bond acceptors (Lipinski definition) is 3. The minimum Gasteiger partial charge on any atom is -0.497 e. The first-order chi connectivity index (χ1) is 8.81. The summed E-state index contributed by atoms with van der Waals surface area (Å²) in [5, 5.41) is 7.57. The van der Waals surface area contributed by atoms with Crippen molar-refractivity contribution < 1.29 is 4.74 Å². The second kappa shape index (κ2) is 6.21. The Kier molecular flexibility index (Phi) is 4.36. The molecular formula is C14H19N3O. The lowest BCUT2D eigenvalue weighted by Gasteiger charge is -2.04. The third kappa shape index (κ3) is 3.34. The van der Waals surface area contributed by atoms with Crippen molar-refractivity contribution in [1.29, 1.82) is 0 Å². The van der Waals surface area contributed by atoms with Gasteiger partial charge in [-0.15, -0.1) is 0 Å². The van der Waals surface area contributed by atoms with Gasteiger partial charge in [-0.3, -0.25) is 4.68 Å². The summed E-state index contributed by atoms with van der Waals surface area (Å²) in [5.74, 6) is 0.897. The van der Waals surface area contributed by atoms with Crippen LogP contribution in [0.15, 0.2) is 36.5 Å². The minimum atomic E-state index is 0.815. The first kappa shape index (κ1) is 12.6. The first-order valence-corrected chi connectivity index (χ1v) is 6.11. The third-order valence-electron chi connectivity index (χ3n) is 2.84. The van der Waals surface area contributed by atoms with Gasteiger partial charge in [0.25, 0.3) is 0 Å². The number of benzene rings is 1. The zero-order valence-electron chi connectivity index (χ0n) is 10.9. The summed E-state index contributed by atoms with van der Waals surface area (Å²) < 4.78 is 7.12. The molecular weight excluding hydrogens is 226 g/mol. The molecule has 1 aromatic heterocycles. The largest absolute Gasteiger partial charge is 0.497 e. The van der Waals surface area contributed by atoms with Gasteiger partial charge in [0.05, 0.1) is 12.8 Å². The second-order valence-electron chi connectivity index (χ2n) is 4.20. The highest BCUT2D eigenvalue weighted by Crippen LogP contribution is 2.12. The van der Waals surface area contributed by atoms with Crippen LogP contribution in [-0.2, 0) is 19.5 Å². The molecule has 0 amide bonds. The highest BCUT2D eigenvalue weighted by Gasteiger charge is 1.99. The molecule has 18 heavy (non-hydrogen) atoms. The standard InChI is InChI=1S/C14H19N3O/c1-15-11-13-8-10-17(16-13)9-7-12-3-5-14(18-2)6-4-12/h3-6,8,10,15H,7,9,11H2,1-2H3. The van der Waals surface area contributed by atoms with Gasteiger partial charge in [0.15, 0.2) is 0 Å². The van der Waals surface area contributed by atoms with Crippen molar-refractivity contribution >= 4 is 0 Å². The predicted molar refractivity (Wildman–Crippen MR) is 71.7 cm³/mol. The van der Waals surface area contributed by atoms with Crippen molar-refractivity contribution in [3.05, 3.63) is 47.8 Å². The highest BCUT2D eigenvalue weighted by molar-refractivity contribution is 5.27. The third-order valence-corrected chi connectivity index (χ3v) is 2.84. The van der Waals surface area contributed by atoms with E-state index in [1.165, 1.54) is 5.56 Å². The van der Waals surface area contributed by atoms with E-state index in [0.717, 1.165) is 31.0 Å². The predicted octanol–water partition coefficient (Wildman–Crippen LogP) is 1.85. The lowest BCUT2D eigenvalue weighted by Crippen LogP contribution is -2.07. The first-order valence-electron chi connectivity index (χ1n) is 6.11. The Morgan fingerprint density at radius 2 is 2.00 bits per heavy atom. The molecule has 0 unspecified atom stereocenters. The summed E-state index contributed by atoms with van der Waals surface area (Å²) in [6.07, 6.45) is 3.00. The van der Waals surface area contributed by atoms with Crippen molar-refractivity contribution in [2.24, 2.45) is 0 Å². The van der Waals surface area contributed by atoms with Gasteiger partial charge in [-0.1, -0.05) is 12.1 Å². The van der Waals surface area contributed by atoms with E-state index in [2.05, 4.69) is 22.5 Å². The Morgan fingerprint density at radius 1 is 1.22 bits per heavy atom. The fourth-order valence-electron chi connectivity index (χ4n) is 1.84. The number of hydrogen-bond donors (Lipinski definition) is 1. The van der Waals surface area contributed by atoms with E-state index in [1.54, 1.807) is 7.11 Å². The molecule has 1 N–H and O–H groups in total. The summed E-state index contributed by atoms with van der Waals surface area (Å²) in [5.41, 5.74) is 2.37. The Balaban J connectivity index is 1.89. The van der Waals surface area contributed by atoms with Gasteiger partial charge in [0.2, 0.25) is 0 Å². The van der Waals surface area contributed by atoms with Crippen molar-refractivity contribution in [1.82, 2.24) is 15.1 Å². The monoisotopic (exact) mass is 245 g/mol. The number of ether oxygens (including phenoxy) is 1. The molecule has 0 aliphatic rings. The molecule has 96 valence electrons. The topological polar surface area (TPSA) is 39.1 Å². The molecule has 0 bridgehead atoms. The zero-order chi connectivity index (χ0) is 12.8. The molecule has 0 fully saturated rings. The average molecular weight is 245 g/mol. The fourth-order valence-corrected chi connectivity index (χ4v) is 1.84. The van der Waals surface area contributed by atoms with E-state index in [0.29, 0.717) is 0 Å². The van der Waals surface area contributed by atoms with Crippen molar-refractivity contribution in [2.75, 3.05) is 14.2 Å². The second-order valence-corrected chi connectivity index (χ2v) is 4.20. The van der Waals surface area contributed by atoms with Crippen LogP contribution in [0.2, 0.25) is 0 Å². The summed E-state index contributed by atoms with van der Waals surface area (Å²) in [6.45, 7) is 1.71. The number of methoxy groups -OCH3 is 1. The maximum Gasteiger partial charge on any atom is 0.118 e. The molecule has 0 saturated carbocycles. The molecule has 1 aromatic carbocycles. The maximum atomic E-state index is 5.14. The Morgan fingerprint density at radius 3 is 2.67 bits per heavy atom. The molecule has 0 saturated heterocycles. The number of nitrogens with zero attached hydrogens (tertiary/aromatic N) is 2. The number of rotatable bonds is 6. The fraction of sp³-hybridized carbons (Fsp3) is 0.357. The lowest BCUT2D eigenvalue weighted by atomic mass is 10.1. The minimum absolute atomic E-state index is 0.815. The summed E-state index contributed by atoms with van der Waals surface area (Å²) in [6, 6.07) is 10.2. The number of nitrogens with one attached hydrogen (secondary N) is 1. The number of aryl methyl sites for hydroxylation is 2. The molecule has 4 heteroatoms. The van der Waals surface area contributed by atoms with E-state index < -0.39 is 0 Å². The van der Waals surface area contributed by atoms with Crippen molar-refractivity contribution in [3.8, 4) is 5.75 Å². The number of aromatic nitrogens is 2. The van der Waals surface area contributed by atoms with Gasteiger partial charge in [-0.05, 0) is 37.2 Å².